The van der Waals surface area contributed by atoms with E-state index in [9.17, 15) is 9.90 Å². The van der Waals surface area contributed by atoms with Crippen LogP contribution in [0.5, 0.6) is 0 Å². The first-order valence-corrected chi connectivity index (χ1v) is 8.10. The molecule has 0 aliphatic carbocycles. The lowest BCUT2D eigenvalue weighted by Gasteiger charge is -2.12. The molecule has 1 amide bonds. The van der Waals surface area contributed by atoms with Crippen molar-refractivity contribution in [3.8, 4) is 0 Å². The third kappa shape index (κ3) is 2.97. The van der Waals surface area contributed by atoms with Gasteiger partial charge in [0.2, 0.25) is 0 Å². The highest BCUT2D eigenvalue weighted by atomic mass is 16.3. The molecule has 2 aromatic carbocycles. The molecule has 4 aromatic rings. The molecule has 1 atom stereocenters. The van der Waals surface area contributed by atoms with Crippen LogP contribution in [0.4, 0.5) is 0 Å². The van der Waals surface area contributed by atoms with Crippen molar-refractivity contribution < 1.29 is 9.90 Å². The second-order valence-electron chi connectivity index (χ2n) is 5.92. The summed E-state index contributed by atoms with van der Waals surface area (Å²) in [5.41, 5.74) is 3.00. The van der Waals surface area contributed by atoms with Gasteiger partial charge in [-0.25, -0.2) is 4.98 Å². The molecule has 124 valence electrons. The molecule has 25 heavy (non-hydrogen) atoms. The minimum atomic E-state index is -0.748. The Bertz CT molecular complexity index is 1040. The normalized spacial score (nSPS) is 12.4. The van der Waals surface area contributed by atoms with Gasteiger partial charge in [-0.05, 0) is 17.7 Å². The summed E-state index contributed by atoms with van der Waals surface area (Å²) in [6, 6.07) is 18.9. The molecule has 5 heteroatoms. The fraction of sp³-hybridized carbons (Fsp3) is 0.100. The number of nitrogens with zero attached hydrogens (tertiary/aromatic N) is 1. The summed E-state index contributed by atoms with van der Waals surface area (Å²) >= 11 is 0. The summed E-state index contributed by atoms with van der Waals surface area (Å²) in [5.74, 6) is -0.304. The van der Waals surface area contributed by atoms with Crippen molar-refractivity contribution >= 4 is 27.7 Å². The molecule has 0 aliphatic rings. The first kappa shape index (κ1) is 15.4. The fourth-order valence-corrected chi connectivity index (χ4v) is 2.95. The summed E-state index contributed by atoms with van der Waals surface area (Å²) in [6.45, 7) is 0.135. The van der Waals surface area contributed by atoms with Gasteiger partial charge in [-0.1, -0.05) is 48.5 Å². The van der Waals surface area contributed by atoms with Gasteiger partial charge in [0, 0.05) is 22.8 Å². The number of amides is 1. The maximum atomic E-state index is 12.4. The summed E-state index contributed by atoms with van der Waals surface area (Å²) in [6.07, 6.45) is 0.916. The number of para-hydroxylation sites is 1. The van der Waals surface area contributed by atoms with Crippen molar-refractivity contribution in [2.45, 2.75) is 6.10 Å². The van der Waals surface area contributed by atoms with Gasteiger partial charge in [-0.15, -0.1) is 0 Å². The number of H-pyrrole nitrogens is 1. The lowest BCUT2D eigenvalue weighted by molar-refractivity contribution is 0.0911. The maximum Gasteiger partial charge on any atom is 0.270 e. The number of carbonyl (C=O) groups is 1. The lowest BCUT2D eigenvalue weighted by atomic mass is 10.1. The third-order valence-corrected chi connectivity index (χ3v) is 4.26. The van der Waals surface area contributed by atoms with Crippen molar-refractivity contribution in [1.29, 1.82) is 0 Å². The van der Waals surface area contributed by atoms with Gasteiger partial charge in [-0.2, -0.15) is 0 Å². The molecule has 2 heterocycles. The molecule has 0 saturated heterocycles. The van der Waals surface area contributed by atoms with Crippen LogP contribution in [0.1, 0.15) is 22.2 Å². The van der Waals surface area contributed by atoms with Gasteiger partial charge in [0.25, 0.3) is 5.91 Å². The van der Waals surface area contributed by atoms with Crippen LogP contribution in [0.15, 0.2) is 66.9 Å². The van der Waals surface area contributed by atoms with Crippen molar-refractivity contribution in [3.05, 3.63) is 78.1 Å². The van der Waals surface area contributed by atoms with Gasteiger partial charge in [0.05, 0.1) is 17.8 Å². The molecule has 3 N–H and O–H groups in total. The quantitative estimate of drug-likeness (QED) is 0.537. The number of hydrogen-bond acceptors (Lipinski definition) is 3. The van der Waals surface area contributed by atoms with E-state index in [1.807, 2.05) is 54.6 Å². The SMILES string of the molecule is O=C(NC[C@@H](O)c1ccccc1)c1cc2c(cn1)[nH]c1ccccc12. The Kier molecular flexibility index (Phi) is 3.91. The van der Waals surface area contributed by atoms with Gasteiger partial charge < -0.3 is 15.4 Å². The highest BCUT2D eigenvalue weighted by Gasteiger charge is 2.13. The zero-order valence-electron chi connectivity index (χ0n) is 13.4. The summed E-state index contributed by atoms with van der Waals surface area (Å²) in [5, 5.41) is 14.9. The number of benzene rings is 2. The Balaban J connectivity index is 1.55. The number of aliphatic hydroxyl groups is 1. The van der Waals surface area contributed by atoms with E-state index in [0.717, 1.165) is 27.4 Å². The molecule has 0 bridgehead atoms. The van der Waals surface area contributed by atoms with Crippen LogP contribution in [0.3, 0.4) is 0 Å². The van der Waals surface area contributed by atoms with Crippen LogP contribution >= 0.6 is 0 Å². The molecular weight excluding hydrogens is 314 g/mol. The summed E-state index contributed by atoms with van der Waals surface area (Å²) < 4.78 is 0. The highest BCUT2D eigenvalue weighted by Crippen LogP contribution is 2.25. The fourth-order valence-electron chi connectivity index (χ4n) is 2.95. The molecule has 0 fully saturated rings. The van der Waals surface area contributed by atoms with Crippen LogP contribution in [-0.4, -0.2) is 27.5 Å². The Morgan fingerprint density at radius 3 is 2.64 bits per heavy atom. The van der Waals surface area contributed by atoms with Gasteiger partial charge in [0.15, 0.2) is 0 Å². The standard InChI is InChI=1S/C20H17N3O2/c24-19(13-6-2-1-3-7-13)12-22-20(25)17-10-15-14-8-4-5-9-16(14)23-18(15)11-21-17/h1-11,19,23-24H,12H2,(H,22,25)/t19-/m1/s1. The van der Waals surface area contributed by atoms with E-state index in [0.29, 0.717) is 5.69 Å². The molecule has 4 rings (SSSR count). The monoisotopic (exact) mass is 331 g/mol. The predicted octanol–water partition coefficient (Wildman–Crippen LogP) is 3.18. The lowest BCUT2D eigenvalue weighted by Crippen LogP contribution is -2.29. The van der Waals surface area contributed by atoms with Crippen LogP contribution < -0.4 is 5.32 Å². The number of hydrogen-bond donors (Lipinski definition) is 3. The van der Waals surface area contributed by atoms with E-state index in [1.54, 1.807) is 12.3 Å². The van der Waals surface area contributed by atoms with E-state index in [4.69, 9.17) is 0 Å². The number of carbonyl (C=O) groups excluding carboxylic acids is 1. The molecule has 0 radical (unpaired) electrons. The van der Waals surface area contributed by atoms with Crippen LogP contribution in [0.2, 0.25) is 0 Å². The second kappa shape index (κ2) is 6.37. The minimum absolute atomic E-state index is 0.135. The number of aromatic amines is 1. The number of fused-ring (bicyclic) bond motifs is 3. The second-order valence-corrected chi connectivity index (χ2v) is 5.92. The predicted molar refractivity (Wildman–Crippen MR) is 97.3 cm³/mol. The average molecular weight is 331 g/mol. The van der Waals surface area contributed by atoms with Crippen LogP contribution in [0, 0.1) is 0 Å². The highest BCUT2D eigenvalue weighted by molar-refractivity contribution is 6.09. The molecule has 0 unspecified atom stereocenters. The van der Waals surface area contributed by atoms with Gasteiger partial charge in [0.1, 0.15) is 5.69 Å². The molecule has 0 spiro atoms. The molecule has 2 aromatic heterocycles. The van der Waals surface area contributed by atoms with E-state index < -0.39 is 6.10 Å². The maximum absolute atomic E-state index is 12.4. The van der Waals surface area contributed by atoms with Crippen LogP contribution in [0.25, 0.3) is 21.8 Å². The number of nitrogens with one attached hydrogen (secondary N) is 2. The zero-order valence-corrected chi connectivity index (χ0v) is 13.4. The minimum Gasteiger partial charge on any atom is -0.387 e. The van der Waals surface area contributed by atoms with E-state index in [1.165, 1.54) is 0 Å². The third-order valence-electron chi connectivity index (χ3n) is 4.26. The van der Waals surface area contributed by atoms with E-state index in [2.05, 4.69) is 15.3 Å². The number of rotatable bonds is 4. The van der Waals surface area contributed by atoms with E-state index in [-0.39, 0.29) is 12.5 Å². The van der Waals surface area contributed by atoms with Crippen LogP contribution in [-0.2, 0) is 0 Å². The van der Waals surface area contributed by atoms with Gasteiger partial charge in [-0.3, -0.25) is 4.79 Å². The summed E-state index contributed by atoms with van der Waals surface area (Å²) in [4.78, 5) is 19.9. The molecule has 5 nitrogen and oxygen atoms in total. The summed E-state index contributed by atoms with van der Waals surface area (Å²) in [7, 11) is 0. The number of aliphatic hydroxyl groups excluding tert-OH is 1. The van der Waals surface area contributed by atoms with Gasteiger partial charge >= 0.3 is 0 Å². The Hall–Kier alpha value is -3.18. The zero-order chi connectivity index (χ0) is 17.2. The first-order valence-electron chi connectivity index (χ1n) is 8.10. The van der Waals surface area contributed by atoms with Crippen molar-refractivity contribution in [2.24, 2.45) is 0 Å². The van der Waals surface area contributed by atoms with Crippen molar-refractivity contribution in [2.75, 3.05) is 6.54 Å². The smallest absolute Gasteiger partial charge is 0.270 e. The van der Waals surface area contributed by atoms with E-state index >= 15 is 0 Å². The first-order chi connectivity index (χ1) is 12.2. The Labute approximate surface area is 144 Å². The molecule has 0 saturated carbocycles. The Morgan fingerprint density at radius 2 is 1.80 bits per heavy atom. The topological polar surface area (TPSA) is 78.0 Å². The molecule has 0 aliphatic heterocycles. The average Bonchev–Trinajstić information content (AvgIpc) is 3.04. The molecular formula is C20H17N3O2. The Morgan fingerprint density at radius 1 is 1.04 bits per heavy atom. The van der Waals surface area contributed by atoms with Crippen molar-refractivity contribution in [1.82, 2.24) is 15.3 Å². The largest absolute Gasteiger partial charge is 0.387 e. The van der Waals surface area contributed by atoms with Crippen molar-refractivity contribution in [3.63, 3.8) is 0 Å². The number of aromatic nitrogens is 2. The number of pyridine rings is 1.